The van der Waals surface area contributed by atoms with Crippen molar-refractivity contribution in [1.82, 2.24) is 4.57 Å². The molecule has 0 saturated heterocycles. The quantitative estimate of drug-likeness (QED) is 0.344. The normalized spacial score (nSPS) is 12.7. The van der Waals surface area contributed by atoms with E-state index in [4.69, 9.17) is 0 Å². The molecule has 6 heteroatoms. The van der Waals surface area contributed by atoms with Gasteiger partial charge in [0.1, 0.15) is 17.9 Å². The zero-order chi connectivity index (χ0) is 17.3. The highest BCUT2D eigenvalue weighted by molar-refractivity contribution is 7.51. The molecule has 5 nitrogen and oxygen atoms in total. The van der Waals surface area contributed by atoms with Crippen LogP contribution in [-0.2, 0) is 16.6 Å². The first-order chi connectivity index (χ1) is 10.9. The second-order valence-electron chi connectivity index (χ2n) is 6.58. The first kappa shape index (κ1) is 20.4. The molecule has 1 heterocycles. The molecule has 0 aliphatic rings. The van der Waals surface area contributed by atoms with E-state index in [1.165, 1.54) is 32.1 Å². The van der Waals surface area contributed by atoms with Crippen molar-refractivity contribution in [3.8, 4) is 0 Å². The summed E-state index contributed by atoms with van der Waals surface area (Å²) in [5.41, 5.74) is -0.495. The number of aromatic nitrogens is 2. The van der Waals surface area contributed by atoms with Gasteiger partial charge in [-0.2, -0.15) is 0 Å². The van der Waals surface area contributed by atoms with Crippen molar-refractivity contribution in [3.05, 3.63) is 18.7 Å². The van der Waals surface area contributed by atoms with Gasteiger partial charge in [-0.15, -0.1) is 0 Å². The van der Waals surface area contributed by atoms with Crippen LogP contribution in [0.1, 0.15) is 72.1 Å². The van der Waals surface area contributed by atoms with Gasteiger partial charge in [0.25, 0.3) is 0 Å². The van der Waals surface area contributed by atoms with Crippen LogP contribution in [0.25, 0.3) is 0 Å². The summed E-state index contributed by atoms with van der Waals surface area (Å²) in [7, 11) is -4.04. The van der Waals surface area contributed by atoms with E-state index in [0.717, 1.165) is 13.0 Å². The lowest BCUT2D eigenvalue weighted by Gasteiger charge is -2.28. The van der Waals surface area contributed by atoms with Crippen molar-refractivity contribution < 1.29 is 18.9 Å². The van der Waals surface area contributed by atoms with Crippen LogP contribution in [0.2, 0.25) is 0 Å². The van der Waals surface area contributed by atoms with Crippen molar-refractivity contribution in [2.45, 2.75) is 84.2 Å². The van der Waals surface area contributed by atoms with Gasteiger partial charge in [-0.1, -0.05) is 46.5 Å². The Morgan fingerprint density at radius 3 is 2.22 bits per heavy atom. The predicted octanol–water partition coefficient (Wildman–Crippen LogP) is 3.83. The lowest BCUT2D eigenvalue weighted by atomic mass is 9.95. The molecule has 0 aliphatic heterocycles. The monoisotopic (exact) mass is 345 g/mol. The zero-order valence-electron chi connectivity index (χ0n) is 14.9. The van der Waals surface area contributed by atoms with E-state index in [1.54, 1.807) is 0 Å². The molecule has 1 rings (SSSR count). The molecule has 0 saturated carbocycles. The SMILES string of the molecule is CCCCCCCC[n+]1ccn(C(CC)(CC)CP(=O)(O)O)c1. The Morgan fingerprint density at radius 2 is 1.65 bits per heavy atom. The molecule has 1 aromatic heterocycles. The van der Waals surface area contributed by atoms with Gasteiger partial charge in [0.05, 0.1) is 12.7 Å². The summed E-state index contributed by atoms with van der Waals surface area (Å²) in [5, 5.41) is 0. The van der Waals surface area contributed by atoms with Crippen molar-refractivity contribution in [3.63, 3.8) is 0 Å². The third-order valence-corrected chi connectivity index (χ3v) is 5.83. The molecule has 2 N–H and O–H groups in total. The van der Waals surface area contributed by atoms with Crippen LogP contribution in [0.5, 0.6) is 0 Å². The zero-order valence-corrected chi connectivity index (χ0v) is 15.8. The fourth-order valence-electron chi connectivity index (χ4n) is 3.19. The van der Waals surface area contributed by atoms with Gasteiger partial charge in [0.15, 0.2) is 0 Å². The third kappa shape index (κ3) is 6.78. The summed E-state index contributed by atoms with van der Waals surface area (Å²) in [5.74, 6) is 0. The molecule has 0 atom stereocenters. The number of imidazole rings is 1. The van der Waals surface area contributed by atoms with Crippen LogP contribution < -0.4 is 4.57 Å². The van der Waals surface area contributed by atoms with Crippen LogP contribution in [0.3, 0.4) is 0 Å². The van der Waals surface area contributed by atoms with E-state index in [0.29, 0.717) is 12.8 Å². The Balaban J connectivity index is 2.63. The average Bonchev–Trinajstić information content (AvgIpc) is 2.97. The molecule has 0 radical (unpaired) electrons. The fraction of sp³-hybridized carbons (Fsp3) is 0.824. The van der Waals surface area contributed by atoms with Gasteiger partial charge < -0.3 is 9.79 Å². The van der Waals surface area contributed by atoms with Gasteiger partial charge in [-0.05, 0) is 25.7 Å². The molecule has 23 heavy (non-hydrogen) atoms. The van der Waals surface area contributed by atoms with Crippen LogP contribution in [0.4, 0.5) is 0 Å². The lowest BCUT2D eigenvalue weighted by molar-refractivity contribution is -0.697. The molecule has 0 bridgehead atoms. The lowest BCUT2D eigenvalue weighted by Crippen LogP contribution is -2.38. The minimum absolute atomic E-state index is 0.0985. The molecular weight excluding hydrogens is 311 g/mol. The first-order valence-electron chi connectivity index (χ1n) is 8.99. The first-order valence-corrected chi connectivity index (χ1v) is 10.8. The Morgan fingerprint density at radius 1 is 1.04 bits per heavy atom. The summed E-state index contributed by atoms with van der Waals surface area (Å²) in [6.45, 7) is 7.19. The van der Waals surface area contributed by atoms with E-state index in [1.807, 2.05) is 37.1 Å². The maximum Gasteiger partial charge on any atom is 0.330 e. The van der Waals surface area contributed by atoms with E-state index >= 15 is 0 Å². The molecule has 0 amide bonds. The van der Waals surface area contributed by atoms with E-state index < -0.39 is 13.1 Å². The van der Waals surface area contributed by atoms with E-state index in [2.05, 4.69) is 11.5 Å². The van der Waals surface area contributed by atoms with Gasteiger partial charge in [0.2, 0.25) is 6.33 Å². The summed E-state index contributed by atoms with van der Waals surface area (Å²) < 4.78 is 15.7. The Kier molecular flexibility index (Phi) is 8.52. The van der Waals surface area contributed by atoms with Gasteiger partial charge in [-0.25, -0.2) is 9.13 Å². The van der Waals surface area contributed by atoms with Gasteiger partial charge in [0, 0.05) is 0 Å². The minimum Gasteiger partial charge on any atom is -0.324 e. The van der Waals surface area contributed by atoms with E-state index in [9.17, 15) is 14.4 Å². The number of nitrogens with zero attached hydrogens (tertiary/aromatic N) is 2. The molecule has 0 unspecified atom stereocenters. The van der Waals surface area contributed by atoms with Crippen molar-refractivity contribution in [2.24, 2.45) is 0 Å². The standard InChI is InChI=1S/C17H33N2O3P/c1-4-7-8-9-10-11-12-18-13-14-19(16-18)17(5-2,6-3)15-23(20,21)22/h13-14,16H,4-12,15H2,1-3H3,(H-,20,21,22)/p+1. The molecule has 0 spiro atoms. The predicted molar refractivity (Wildman–Crippen MR) is 93.5 cm³/mol. The molecule has 0 aromatic carbocycles. The third-order valence-electron chi connectivity index (χ3n) is 4.83. The highest BCUT2D eigenvalue weighted by Gasteiger charge is 2.39. The van der Waals surface area contributed by atoms with Crippen molar-refractivity contribution in [1.29, 1.82) is 0 Å². The summed E-state index contributed by atoms with van der Waals surface area (Å²) in [6, 6.07) is 0. The summed E-state index contributed by atoms with van der Waals surface area (Å²) in [6.07, 6.45) is 14.9. The fourth-order valence-corrected chi connectivity index (χ4v) is 4.56. The van der Waals surface area contributed by atoms with Gasteiger partial charge in [-0.3, -0.25) is 4.57 Å². The second-order valence-corrected chi connectivity index (χ2v) is 8.23. The van der Waals surface area contributed by atoms with Crippen LogP contribution in [0, 0.1) is 0 Å². The number of unbranched alkanes of at least 4 members (excludes halogenated alkanes) is 5. The maximum absolute atomic E-state index is 11.5. The number of hydrogen-bond donors (Lipinski definition) is 2. The minimum atomic E-state index is -4.04. The number of rotatable bonds is 12. The topological polar surface area (TPSA) is 66.3 Å². The molecular formula is C17H34N2O3P+. The number of hydrogen-bond acceptors (Lipinski definition) is 1. The number of aryl methyl sites for hydroxylation is 1. The molecule has 1 aromatic rings. The smallest absolute Gasteiger partial charge is 0.324 e. The Hall–Kier alpha value is -0.640. The highest BCUT2D eigenvalue weighted by Crippen LogP contribution is 2.43. The Bertz CT molecular complexity index is 492. The molecule has 0 fully saturated rings. The summed E-state index contributed by atoms with van der Waals surface area (Å²) in [4.78, 5) is 18.8. The van der Waals surface area contributed by atoms with Crippen LogP contribution in [-0.4, -0.2) is 20.5 Å². The Labute approximate surface area is 140 Å². The second kappa shape index (κ2) is 9.61. The molecule has 134 valence electrons. The van der Waals surface area contributed by atoms with Crippen LogP contribution >= 0.6 is 7.60 Å². The largest absolute Gasteiger partial charge is 0.330 e. The average molecular weight is 345 g/mol. The molecule has 0 aliphatic carbocycles. The summed E-state index contributed by atoms with van der Waals surface area (Å²) >= 11 is 0. The maximum atomic E-state index is 11.5. The van der Waals surface area contributed by atoms with E-state index in [-0.39, 0.29) is 6.16 Å². The highest BCUT2D eigenvalue weighted by atomic mass is 31.2. The van der Waals surface area contributed by atoms with Crippen molar-refractivity contribution in [2.75, 3.05) is 6.16 Å². The van der Waals surface area contributed by atoms with Crippen LogP contribution in [0.15, 0.2) is 18.7 Å². The van der Waals surface area contributed by atoms with Crippen molar-refractivity contribution >= 4 is 7.60 Å². The van der Waals surface area contributed by atoms with Gasteiger partial charge >= 0.3 is 7.60 Å².